The van der Waals surface area contributed by atoms with Gasteiger partial charge in [-0.3, -0.25) is 4.79 Å². The first-order valence-electron chi connectivity index (χ1n) is 6.41. The van der Waals surface area contributed by atoms with Gasteiger partial charge in [-0.25, -0.2) is 0 Å². The maximum atomic E-state index is 9.00. The second-order valence-electron chi connectivity index (χ2n) is 3.58. The number of nitrogens with zero attached hydrogens (tertiary/aromatic N) is 2. The van der Waals surface area contributed by atoms with Crippen molar-refractivity contribution in [2.75, 3.05) is 25.0 Å². The van der Waals surface area contributed by atoms with E-state index < -0.39 is 5.97 Å². The molecule has 8 heteroatoms. The fraction of sp³-hybridized carbons (Fsp3) is 0.750. The van der Waals surface area contributed by atoms with Gasteiger partial charge in [-0.05, 0) is 31.5 Å². The molecular formula is C12H26AuN4O2P. The van der Waals surface area contributed by atoms with Gasteiger partial charge in [0, 0.05) is 6.92 Å². The van der Waals surface area contributed by atoms with Gasteiger partial charge in [-0.1, -0.05) is 20.8 Å². The van der Waals surface area contributed by atoms with E-state index in [1.54, 1.807) is 0 Å². The van der Waals surface area contributed by atoms with Gasteiger partial charge < -0.3 is 27.2 Å². The fourth-order valence-electron chi connectivity index (χ4n) is 1.12. The molecule has 0 aliphatic heterocycles. The van der Waals surface area contributed by atoms with Crippen molar-refractivity contribution >= 4 is 13.9 Å². The molecule has 0 aliphatic carbocycles. The normalized spacial score (nSPS) is 8.70. The molecule has 0 bridgehead atoms. The number of H-pyrrole nitrogens is 1. The minimum absolute atomic E-state index is 0. The minimum atomic E-state index is -0.833. The molecule has 1 aromatic rings. The topological polar surface area (TPSA) is 105 Å². The van der Waals surface area contributed by atoms with Gasteiger partial charge >= 0.3 is 22.4 Å². The summed E-state index contributed by atoms with van der Waals surface area (Å²) in [5.74, 6) is -0.833. The third-order valence-electron chi connectivity index (χ3n) is 2.16. The molecule has 0 saturated carbocycles. The van der Waals surface area contributed by atoms with Gasteiger partial charge in [0.1, 0.15) is 0 Å². The van der Waals surface area contributed by atoms with Crippen LogP contribution in [0.3, 0.4) is 0 Å². The molecule has 0 amide bonds. The summed E-state index contributed by atoms with van der Waals surface area (Å²) in [6.07, 6.45) is 7.67. The molecule has 4 N–H and O–H groups in total. The van der Waals surface area contributed by atoms with Gasteiger partial charge in [-0.2, -0.15) is 0 Å². The first-order valence-corrected chi connectivity index (χ1v) is 8.30. The second kappa shape index (κ2) is 18.7. The van der Waals surface area contributed by atoms with Crippen molar-refractivity contribution in [3.05, 3.63) is 11.9 Å². The van der Waals surface area contributed by atoms with Crippen LogP contribution in [0, 0.1) is 6.20 Å². The van der Waals surface area contributed by atoms with Crippen molar-refractivity contribution in [1.82, 2.24) is 15.4 Å². The minimum Gasteiger partial charge on any atom is -0.481 e. The van der Waals surface area contributed by atoms with Gasteiger partial charge in [0.25, 0.3) is 5.97 Å². The van der Waals surface area contributed by atoms with Crippen molar-refractivity contribution in [3.63, 3.8) is 0 Å². The van der Waals surface area contributed by atoms with E-state index in [9.17, 15) is 0 Å². The summed E-state index contributed by atoms with van der Waals surface area (Å²) in [5.41, 5.74) is 6.09. The zero-order valence-electron chi connectivity index (χ0n) is 12.6. The predicted octanol–water partition coefficient (Wildman–Crippen LogP) is 1.72. The van der Waals surface area contributed by atoms with Crippen molar-refractivity contribution < 1.29 is 32.3 Å². The van der Waals surface area contributed by atoms with E-state index in [0.717, 1.165) is 19.0 Å². The third-order valence-corrected chi connectivity index (χ3v) is 4.84. The predicted molar refractivity (Wildman–Crippen MR) is 79.8 cm³/mol. The summed E-state index contributed by atoms with van der Waals surface area (Å²) in [6, 6.07) is 0. The number of carbonyl (C=O) groups is 1. The molecule has 0 saturated heterocycles. The number of nitrogens with one attached hydrogen (secondary N) is 1. The van der Waals surface area contributed by atoms with E-state index in [4.69, 9.17) is 15.6 Å². The molecule has 0 fully saturated rings. The Morgan fingerprint density at radius 2 is 1.80 bits per heavy atom. The quantitative estimate of drug-likeness (QED) is 0.334. The van der Waals surface area contributed by atoms with Gasteiger partial charge in [-0.15, -0.1) is 18.8 Å². The number of nitrogens with two attached hydrogens (primary N) is 1. The number of hydrogen-bond donors (Lipinski definition) is 3. The Kier molecular flexibility index (Phi) is 23.2. The zero-order valence-corrected chi connectivity index (χ0v) is 15.7. The molecule has 0 radical (unpaired) electrons. The largest absolute Gasteiger partial charge is 1.00 e. The number of carboxylic acids is 1. The van der Waals surface area contributed by atoms with Crippen molar-refractivity contribution in [3.8, 4) is 0 Å². The number of carboxylic acid groups (broad SMARTS) is 1. The molecule has 0 atom stereocenters. The molecule has 1 aromatic heterocycles. The third kappa shape index (κ3) is 20.1. The van der Waals surface area contributed by atoms with Crippen LogP contribution in [0.2, 0.25) is 0 Å². The van der Waals surface area contributed by atoms with Crippen LogP contribution >= 0.6 is 7.92 Å². The molecule has 0 aliphatic rings. The number of aromatic amines is 1. The van der Waals surface area contributed by atoms with Crippen LogP contribution in [0.15, 0.2) is 0 Å². The van der Waals surface area contributed by atoms with Crippen LogP contribution in [0.1, 0.15) is 33.4 Å². The van der Waals surface area contributed by atoms with Crippen LogP contribution in [0.25, 0.3) is 0 Å². The van der Waals surface area contributed by atoms with E-state index >= 15 is 0 Å². The number of aromatic nitrogens is 3. The SMILES string of the molecule is CC(=O)O.CCP(CC)CC.NCCc1[c-]nn[nH]1.[Au+]. The Labute approximate surface area is 138 Å². The Hall–Kier alpha value is -0.260. The molecule has 122 valence electrons. The monoisotopic (exact) mass is 486 g/mol. The van der Waals surface area contributed by atoms with Gasteiger partial charge in [0.15, 0.2) is 0 Å². The molecular weight excluding hydrogens is 460 g/mol. The molecule has 1 rings (SSSR count). The van der Waals surface area contributed by atoms with Crippen molar-refractivity contribution in [2.45, 2.75) is 34.1 Å². The van der Waals surface area contributed by atoms with E-state index in [2.05, 4.69) is 42.4 Å². The average molecular weight is 486 g/mol. The molecule has 20 heavy (non-hydrogen) atoms. The van der Waals surface area contributed by atoms with E-state index in [-0.39, 0.29) is 22.4 Å². The zero-order chi connectivity index (χ0) is 15.1. The van der Waals surface area contributed by atoms with Crippen LogP contribution in [-0.4, -0.2) is 51.5 Å². The van der Waals surface area contributed by atoms with E-state index in [1.807, 2.05) is 0 Å². The van der Waals surface area contributed by atoms with Crippen LogP contribution in [0.5, 0.6) is 0 Å². The molecule has 0 spiro atoms. The van der Waals surface area contributed by atoms with E-state index in [0.29, 0.717) is 14.5 Å². The number of hydrogen-bond acceptors (Lipinski definition) is 4. The Bertz CT molecular complexity index is 286. The maximum absolute atomic E-state index is 9.00. The smallest absolute Gasteiger partial charge is 0.481 e. The van der Waals surface area contributed by atoms with Crippen LogP contribution < -0.4 is 5.73 Å². The van der Waals surface area contributed by atoms with E-state index in [1.165, 1.54) is 18.5 Å². The maximum Gasteiger partial charge on any atom is 1.00 e. The molecule has 0 aromatic carbocycles. The first-order chi connectivity index (χ1) is 9.01. The second-order valence-corrected chi connectivity index (χ2v) is 6.82. The summed E-state index contributed by atoms with van der Waals surface area (Å²) in [7, 11) is 0.446. The standard InChI is InChI=1S/C6H15P.C4H7N4.C2H4O2.Au/c1-4-7(5-2)6-3;5-2-1-4-3-6-8-7-4;1-2(3)4;/h4-6H2,1-3H3;1-2,5H2,(H,6,7,8);1H3,(H,3,4);/q;-1;;+1. The first kappa shape index (κ1) is 24.7. The Morgan fingerprint density at radius 1 is 1.35 bits per heavy atom. The molecule has 1 heterocycles. The van der Waals surface area contributed by atoms with Crippen molar-refractivity contribution in [2.24, 2.45) is 5.73 Å². The summed E-state index contributed by atoms with van der Waals surface area (Å²) in [5, 5.41) is 17.0. The van der Waals surface area contributed by atoms with Crippen LogP contribution in [-0.2, 0) is 33.6 Å². The fourth-order valence-corrected chi connectivity index (χ4v) is 2.46. The van der Waals surface area contributed by atoms with Gasteiger partial charge in [0.05, 0.1) is 0 Å². The summed E-state index contributed by atoms with van der Waals surface area (Å²) in [4.78, 5) is 9.00. The Balaban J connectivity index is -0.000000224. The summed E-state index contributed by atoms with van der Waals surface area (Å²) >= 11 is 0. The molecule has 6 nitrogen and oxygen atoms in total. The van der Waals surface area contributed by atoms with Gasteiger partial charge in [0.2, 0.25) is 0 Å². The number of rotatable bonds is 5. The summed E-state index contributed by atoms with van der Waals surface area (Å²) in [6.45, 7) is 8.57. The molecule has 0 unspecified atom stereocenters. The number of aliphatic carboxylic acids is 1. The summed E-state index contributed by atoms with van der Waals surface area (Å²) < 4.78 is 0. The van der Waals surface area contributed by atoms with Crippen LogP contribution in [0.4, 0.5) is 0 Å². The Morgan fingerprint density at radius 3 is 2.00 bits per heavy atom. The van der Waals surface area contributed by atoms with Crippen molar-refractivity contribution in [1.29, 1.82) is 0 Å². The average Bonchev–Trinajstić information content (AvgIpc) is 2.85.